The van der Waals surface area contributed by atoms with Crippen LogP contribution in [0.3, 0.4) is 0 Å². The Morgan fingerprint density at radius 1 is 1.62 bits per heavy atom. The summed E-state index contributed by atoms with van der Waals surface area (Å²) in [6.07, 6.45) is 1.47. The lowest BCUT2D eigenvalue weighted by atomic mass is 10.1. The molecule has 0 aromatic heterocycles. The van der Waals surface area contributed by atoms with Gasteiger partial charge < -0.3 is 16.2 Å². The summed E-state index contributed by atoms with van der Waals surface area (Å²) in [5.41, 5.74) is 6.02. The van der Waals surface area contributed by atoms with Crippen LogP contribution in [-0.2, 0) is 4.79 Å². The SMILES string of the molecule is CCC[C@@H](N)C(=O)Nc1cc(Br)ccc1O. The lowest BCUT2D eigenvalue weighted by Crippen LogP contribution is -2.35. The Balaban J connectivity index is 2.72. The molecule has 4 N–H and O–H groups in total. The first kappa shape index (κ1) is 13.0. The van der Waals surface area contributed by atoms with Gasteiger partial charge in [0.1, 0.15) is 5.75 Å². The number of benzene rings is 1. The van der Waals surface area contributed by atoms with Crippen LogP contribution in [0.25, 0.3) is 0 Å². The third-order valence-corrected chi connectivity index (χ3v) is 2.65. The van der Waals surface area contributed by atoms with Gasteiger partial charge in [-0.05, 0) is 24.6 Å². The number of anilines is 1. The molecule has 0 saturated carbocycles. The van der Waals surface area contributed by atoms with E-state index in [0.717, 1.165) is 10.9 Å². The lowest BCUT2D eigenvalue weighted by molar-refractivity contribution is -0.117. The van der Waals surface area contributed by atoms with Crippen molar-refractivity contribution in [2.75, 3.05) is 5.32 Å². The molecule has 1 aromatic rings. The molecule has 0 spiro atoms. The van der Waals surface area contributed by atoms with Crippen molar-refractivity contribution in [2.24, 2.45) is 5.73 Å². The maximum Gasteiger partial charge on any atom is 0.241 e. The van der Waals surface area contributed by atoms with Crippen LogP contribution < -0.4 is 11.1 Å². The minimum Gasteiger partial charge on any atom is -0.506 e. The van der Waals surface area contributed by atoms with E-state index in [0.29, 0.717) is 12.1 Å². The number of amides is 1. The summed E-state index contributed by atoms with van der Waals surface area (Å²) in [6, 6.07) is 4.29. The third kappa shape index (κ3) is 3.50. The summed E-state index contributed by atoms with van der Waals surface area (Å²) in [6.45, 7) is 1.96. The molecule has 16 heavy (non-hydrogen) atoms. The maximum absolute atomic E-state index is 11.6. The van der Waals surface area contributed by atoms with Crippen LogP contribution in [0.15, 0.2) is 22.7 Å². The number of hydrogen-bond acceptors (Lipinski definition) is 3. The number of rotatable bonds is 4. The molecule has 0 heterocycles. The van der Waals surface area contributed by atoms with Crippen molar-refractivity contribution in [2.45, 2.75) is 25.8 Å². The van der Waals surface area contributed by atoms with Crippen molar-refractivity contribution in [1.29, 1.82) is 0 Å². The van der Waals surface area contributed by atoms with E-state index in [-0.39, 0.29) is 11.7 Å². The van der Waals surface area contributed by atoms with Crippen molar-refractivity contribution in [3.63, 3.8) is 0 Å². The summed E-state index contributed by atoms with van der Waals surface area (Å²) in [5.74, 6) is -0.254. The Kier molecular flexibility index (Phi) is 4.76. The molecule has 1 rings (SSSR count). The van der Waals surface area contributed by atoms with Crippen molar-refractivity contribution >= 4 is 27.5 Å². The first-order valence-electron chi connectivity index (χ1n) is 5.09. The zero-order valence-electron chi connectivity index (χ0n) is 9.03. The average molecular weight is 287 g/mol. The Morgan fingerprint density at radius 2 is 2.31 bits per heavy atom. The Bertz CT molecular complexity index is 382. The minimum absolute atomic E-state index is 0.0280. The fraction of sp³-hybridized carbons (Fsp3) is 0.364. The van der Waals surface area contributed by atoms with E-state index in [2.05, 4.69) is 21.2 Å². The molecule has 0 saturated heterocycles. The number of nitrogens with one attached hydrogen (secondary N) is 1. The molecule has 0 bridgehead atoms. The number of carbonyl (C=O) groups excluding carboxylic acids is 1. The highest BCUT2D eigenvalue weighted by Gasteiger charge is 2.14. The fourth-order valence-corrected chi connectivity index (χ4v) is 1.64. The van der Waals surface area contributed by atoms with Gasteiger partial charge in [-0.15, -0.1) is 0 Å². The second-order valence-corrected chi connectivity index (χ2v) is 4.46. The molecule has 5 heteroatoms. The standard InChI is InChI=1S/C11H15BrN2O2/c1-2-3-8(13)11(16)14-9-6-7(12)4-5-10(9)15/h4-6,8,15H,2-3,13H2,1H3,(H,14,16)/t8-/m1/s1. The van der Waals surface area contributed by atoms with Gasteiger partial charge >= 0.3 is 0 Å². The van der Waals surface area contributed by atoms with E-state index in [4.69, 9.17) is 5.73 Å². The monoisotopic (exact) mass is 286 g/mol. The van der Waals surface area contributed by atoms with Crippen LogP contribution in [-0.4, -0.2) is 17.1 Å². The van der Waals surface area contributed by atoms with Crippen molar-refractivity contribution in [3.8, 4) is 5.75 Å². The number of halogens is 1. The largest absolute Gasteiger partial charge is 0.506 e. The van der Waals surface area contributed by atoms with Gasteiger partial charge in [0.15, 0.2) is 0 Å². The first-order valence-corrected chi connectivity index (χ1v) is 5.89. The predicted molar refractivity (Wildman–Crippen MR) is 67.3 cm³/mol. The van der Waals surface area contributed by atoms with E-state index >= 15 is 0 Å². The number of phenols is 1. The van der Waals surface area contributed by atoms with Crippen LogP contribution in [0, 0.1) is 0 Å². The average Bonchev–Trinajstić information content (AvgIpc) is 2.23. The van der Waals surface area contributed by atoms with Crippen LogP contribution in [0.5, 0.6) is 5.75 Å². The topological polar surface area (TPSA) is 75.4 Å². The van der Waals surface area contributed by atoms with E-state index in [1.165, 1.54) is 6.07 Å². The lowest BCUT2D eigenvalue weighted by Gasteiger charge is -2.12. The Morgan fingerprint density at radius 3 is 2.94 bits per heavy atom. The van der Waals surface area contributed by atoms with Gasteiger partial charge in [0, 0.05) is 4.47 Å². The molecule has 1 amide bonds. The summed E-state index contributed by atoms with van der Waals surface area (Å²) in [5, 5.41) is 12.1. The Hall–Kier alpha value is -1.07. The van der Waals surface area contributed by atoms with Crippen LogP contribution in [0.1, 0.15) is 19.8 Å². The molecule has 0 aliphatic heterocycles. The highest BCUT2D eigenvalue weighted by Crippen LogP contribution is 2.26. The highest BCUT2D eigenvalue weighted by atomic mass is 79.9. The quantitative estimate of drug-likeness (QED) is 0.743. The van der Waals surface area contributed by atoms with Gasteiger partial charge in [0.2, 0.25) is 5.91 Å². The van der Waals surface area contributed by atoms with Gasteiger partial charge in [0.05, 0.1) is 11.7 Å². The van der Waals surface area contributed by atoms with Crippen molar-refractivity contribution < 1.29 is 9.90 Å². The normalized spacial score (nSPS) is 12.2. The second kappa shape index (κ2) is 5.86. The summed E-state index contributed by atoms with van der Waals surface area (Å²) in [4.78, 5) is 11.6. The molecule has 0 aliphatic carbocycles. The van der Waals surface area contributed by atoms with E-state index in [9.17, 15) is 9.90 Å². The van der Waals surface area contributed by atoms with E-state index in [1.807, 2.05) is 6.92 Å². The number of nitrogens with two attached hydrogens (primary N) is 1. The van der Waals surface area contributed by atoms with Crippen LogP contribution >= 0.6 is 15.9 Å². The highest BCUT2D eigenvalue weighted by molar-refractivity contribution is 9.10. The molecule has 1 aromatic carbocycles. The molecular weight excluding hydrogens is 272 g/mol. The van der Waals surface area contributed by atoms with Gasteiger partial charge in [-0.3, -0.25) is 4.79 Å². The van der Waals surface area contributed by atoms with E-state index in [1.54, 1.807) is 12.1 Å². The van der Waals surface area contributed by atoms with Gasteiger partial charge in [-0.2, -0.15) is 0 Å². The number of carbonyl (C=O) groups is 1. The van der Waals surface area contributed by atoms with Crippen LogP contribution in [0.2, 0.25) is 0 Å². The molecule has 88 valence electrons. The summed E-state index contributed by atoms with van der Waals surface area (Å²) < 4.78 is 0.782. The Labute approximate surface area is 103 Å². The molecule has 0 aliphatic rings. The first-order chi connectivity index (χ1) is 7.54. The number of aromatic hydroxyl groups is 1. The van der Waals surface area contributed by atoms with E-state index < -0.39 is 6.04 Å². The summed E-state index contributed by atoms with van der Waals surface area (Å²) in [7, 11) is 0. The predicted octanol–water partition coefficient (Wildman–Crippen LogP) is 2.22. The third-order valence-electron chi connectivity index (χ3n) is 2.15. The summed E-state index contributed by atoms with van der Waals surface area (Å²) >= 11 is 3.26. The molecular formula is C11H15BrN2O2. The fourth-order valence-electron chi connectivity index (χ4n) is 1.28. The molecule has 4 nitrogen and oxygen atoms in total. The molecule has 0 unspecified atom stereocenters. The molecule has 0 radical (unpaired) electrons. The smallest absolute Gasteiger partial charge is 0.241 e. The number of hydrogen-bond donors (Lipinski definition) is 3. The zero-order valence-corrected chi connectivity index (χ0v) is 10.6. The molecule has 1 atom stereocenters. The second-order valence-electron chi connectivity index (χ2n) is 3.55. The maximum atomic E-state index is 11.6. The minimum atomic E-state index is -0.539. The number of phenolic OH excluding ortho intramolecular Hbond substituents is 1. The zero-order chi connectivity index (χ0) is 12.1. The molecule has 0 fully saturated rings. The van der Waals surface area contributed by atoms with Gasteiger partial charge in [-0.25, -0.2) is 0 Å². The van der Waals surface area contributed by atoms with Gasteiger partial charge in [0.25, 0.3) is 0 Å². The van der Waals surface area contributed by atoms with Gasteiger partial charge in [-0.1, -0.05) is 29.3 Å². The van der Waals surface area contributed by atoms with Crippen molar-refractivity contribution in [3.05, 3.63) is 22.7 Å². The van der Waals surface area contributed by atoms with Crippen LogP contribution in [0.4, 0.5) is 5.69 Å². The van der Waals surface area contributed by atoms with Crippen molar-refractivity contribution in [1.82, 2.24) is 0 Å².